The van der Waals surface area contributed by atoms with Gasteiger partial charge in [-0.05, 0) is 23.3 Å². The number of rotatable bonds is 6. The molecule has 0 unspecified atom stereocenters. The second-order valence-corrected chi connectivity index (χ2v) is 6.72. The lowest BCUT2D eigenvalue weighted by Gasteiger charge is -2.08. The summed E-state index contributed by atoms with van der Waals surface area (Å²) in [6.45, 7) is 0.639. The number of aromatic nitrogens is 4. The van der Waals surface area contributed by atoms with Crippen molar-refractivity contribution in [2.45, 2.75) is 6.42 Å². The zero-order valence-electron chi connectivity index (χ0n) is 14.1. The third kappa shape index (κ3) is 3.72. The molecule has 0 aliphatic carbocycles. The van der Waals surface area contributed by atoms with Crippen molar-refractivity contribution < 1.29 is 4.92 Å². The van der Waals surface area contributed by atoms with Gasteiger partial charge in [0.15, 0.2) is 5.82 Å². The highest BCUT2D eigenvalue weighted by molar-refractivity contribution is 7.21. The van der Waals surface area contributed by atoms with Gasteiger partial charge in [-0.1, -0.05) is 30.3 Å². The lowest BCUT2D eigenvalue weighted by molar-refractivity contribution is -0.380. The Hall–Kier alpha value is -3.46. The van der Waals surface area contributed by atoms with Crippen molar-refractivity contribution in [2.24, 2.45) is 0 Å². The van der Waals surface area contributed by atoms with Gasteiger partial charge in [0.05, 0.1) is 16.5 Å². The molecule has 0 radical (unpaired) electrons. The summed E-state index contributed by atoms with van der Waals surface area (Å²) in [5.74, 6) is 0.940. The van der Waals surface area contributed by atoms with Crippen molar-refractivity contribution in [3.05, 3.63) is 70.7 Å². The van der Waals surface area contributed by atoms with Gasteiger partial charge in [0.2, 0.25) is 0 Å². The van der Waals surface area contributed by atoms with Crippen LogP contribution in [0, 0.1) is 10.1 Å². The van der Waals surface area contributed by atoms with Crippen molar-refractivity contribution >= 4 is 32.4 Å². The summed E-state index contributed by atoms with van der Waals surface area (Å²) >= 11 is 1.02. The first-order valence-electron chi connectivity index (χ1n) is 8.21. The van der Waals surface area contributed by atoms with Gasteiger partial charge in [0.25, 0.3) is 0 Å². The molecule has 1 aromatic carbocycles. The molecule has 0 amide bonds. The molecule has 0 spiro atoms. The third-order valence-corrected chi connectivity index (χ3v) is 4.88. The average Bonchev–Trinajstić information content (AvgIpc) is 3.14. The van der Waals surface area contributed by atoms with Crippen LogP contribution in [0.25, 0.3) is 21.7 Å². The summed E-state index contributed by atoms with van der Waals surface area (Å²) in [6.07, 6.45) is 5.50. The summed E-state index contributed by atoms with van der Waals surface area (Å²) in [5.41, 5.74) is 1.71. The highest BCUT2D eigenvalue weighted by Gasteiger charge is 2.18. The summed E-state index contributed by atoms with van der Waals surface area (Å²) in [5, 5.41) is 15.1. The fourth-order valence-electron chi connectivity index (χ4n) is 2.63. The molecule has 0 aliphatic rings. The van der Waals surface area contributed by atoms with Crippen molar-refractivity contribution in [3.8, 4) is 11.5 Å². The number of nitro groups is 1. The van der Waals surface area contributed by atoms with Crippen LogP contribution in [-0.4, -0.2) is 31.4 Å². The summed E-state index contributed by atoms with van der Waals surface area (Å²) in [6, 6.07) is 11.6. The minimum Gasteiger partial charge on any atom is -0.369 e. The van der Waals surface area contributed by atoms with Gasteiger partial charge < -0.3 is 5.32 Å². The molecule has 4 aromatic rings. The van der Waals surface area contributed by atoms with Gasteiger partial charge >= 0.3 is 5.00 Å². The lowest BCUT2D eigenvalue weighted by atomic mass is 10.1. The van der Waals surface area contributed by atoms with E-state index in [9.17, 15) is 10.1 Å². The maximum Gasteiger partial charge on any atom is 0.326 e. The lowest BCUT2D eigenvalue weighted by Crippen LogP contribution is -2.07. The summed E-state index contributed by atoms with van der Waals surface area (Å²) in [7, 11) is 0. The fraction of sp³-hybridized carbons (Fsp3) is 0.111. The van der Waals surface area contributed by atoms with Crippen LogP contribution in [0.5, 0.6) is 0 Å². The van der Waals surface area contributed by atoms with E-state index in [1.807, 2.05) is 18.2 Å². The monoisotopic (exact) mass is 378 g/mol. The van der Waals surface area contributed by atoms with Crippen LogP contribution >= 0.6 is 11.3 Å². The molecule has 3 aromatic heterocycles. The van der Waals surface area contributed by atoms with Crippen molar-refractivity contribution in [1.82, 2.24) is 19.9 Å². The van der Waals surface area contributed by atoms with Gasteiger partial charge in [-0.15, -0.1) is 0 Å². The SMILES string of the molecule is O=[N+]([O-])c1cc2c(NCCc3ccccc3)nc(-c3cnccn3)nc2s1. The second kappa shape index (κ2) is 7.42. The smallest absolute Gasteiger partial charge is 0.326 e. The molecule has 0 atom stereocenters. The minimum absolute atomic E-state index is 0.0294. The molecule has 1 N–H and O–H groups in total. The number of hydrogen-bond acceptors (Lipinski definition) is 8. The van der Waals surface area contributed by atoms with E-state index < -0.39 is 4.92 Å². The highest BCUT2D eigenvalue weighted by atomic mass is 32.1. The Morgan fingerprint density at radius 1 is 1.15 bits per heavy atom. The van der Waals surface area contributed by atoms with Gasteiger partial charge in [-0.25, -0.2) is 15.0 Å². The molecule has 3 heterocycles. The normalized spacial score (nSPS) is 10.8. The maximum absolute atomic E-state index is 11.2. The van der Waals surface area contributed by atoms with Crippen LogP contribution in [0.3, 0.4) is 0 Å². The number of benzene rings is 1. The molecule has 4 rings (SSSR count). The Morgan fingerprint density at radius 2 is 2.00 bits per heavy atom. The fourth-order valence-corrected chi connectivity index (χ4v) is 3.48. The molecule has 0 fully saturated rings. The zero-order chi connectivity index (χ0) is 18.6. The number of fused-ring (bicyclic) bond motifs is 1. The number of thiophene rings is 1. The molecule has 134 valence electrons. The molecule has 0 bridgehead atoms. The first-order chi connectivity index (χ1) is 13.2. The second-order valence-electron chi connectivity index (χ2n) is 5.71. The molecule has 9 heteroatoms. The van der Waals surface area contributed by atoms with E-state index in [0.717, 1.165) is 17.8 Å². The number of nitrogens with zero attached hydrogens (tertiary/aromatic N) is 5. The van der Waals surface area contributed by atoms with E-state index in [2.05, 4.69) is 37.4 Å². The van der Waals surface area contributed by atoms with Crippen LogP contribution < -0.4 is 5.32 Å². The molecular formula is C18H14N6O2S. The molecule has 0 saturated carbocycles. The summed E-state index contributed by atoms with van der Waals surface area (Å²) < 4.78 is 0. The van der Waals surface area contributed by atoms with E-state index in [-0.39, 0.29) is 5.00 Å². The van der Waals surface area contributed by atoms with E-state index in [1.54, 1.807) is 18.6 Å². The van der Waals surface area contributed by atoms with Crippen molar-refractivity contribution in [2.75, 3.05) is 11.9 Å². The number of hydrogen-bond donors (Lipinski definition) is 1. The van der Waals surface area contributed by atoms with Crippen molar-refractivity contribution in [1.29, 1.82) is 0 Å². The molecule has 0 aliphatic heterocycles. The first kappa shape index (κ1) is 17.0. The molecular weight excluding hydrogens is 364 g/mol. The first-order valence-corrected chi connectivity index (χ1v) is 9.02. The van der Waals surface area contributed by atoms with Crippen LogP contribution in [0.15, 0.2) is 55.0 Å². The van der Waals surface area contributed by atoms with Crippen LogP contribution in [-0.2, 0) is 6.42 Å². The van der Waals surface area contributed by atoms with Gasteiger partial charge in [-0.2, -0.15) is 0 Å². The number of nitrogens with one attached hydrogen (secondary N) is 1. The number of anilines is 1. The Balaban J connectivity index is 1.69. The van der Waals surface area contributed by atoms with Crippen molar-refractivity contribution in [3.63, 3.8) is 0 Å². The van der Waals surface area contributed by atoms with Gasteiger partial charge in [0, 0.05) is 25.0 Å². The average molecular weight is 378 g/mol. The van der Waals surface area contributed by atoms with Crippen LogP contribution in [0.4, 0.5) is 10.8 Å². The molecule has 8 nitrogen and oxygen atoms in total. The molecule has 0 saturated heterocycles. The van der Waals surface area contributed by atoms with Gasteiger partial charge in [-0.3, -0.25) is 15.1 Å². The van der Waals surface area contributed by atoms with E-state index in [0.29, 0.717) is 34.1 Å². The Labute approximate surface area is 158 Å². The predicted molar refractivity (Wildman–Crippen MR) is 104 cm³/mol. The van der Waals surface area contributed by atoms with E-state index in [1.165, 1.54) is 11.6 Å². The largest absolute Gasteiger partial charge is 0.369 e. The standard InChI is InChI=1S/C18H14N6O2S/c25-24(26)15-10-13-16(21-7-6-12-4-2-1-3-5-12)22-17(23-18(13)27-15)14-11-19-8-9-20-14/h1-5,8-11H,6-7H2,(H,21,22,23). The topological polar surface area (TPSA) is 107 Å². The maximum atomic E-state index is 11.2. The Kier molecular flexibility index (Phi) is 4.67. The Morgan fingerprint density at radius 3 is 2.74 bits per heavy atom. The summed E-state index contributed by atoms with van der Waals surface area (Å²) in [4.78, 5) is 28.5. The quantitative estimate of drug-likeness (QED) is 0.402. The molecule has 27 heavy (non-hydrogen) atoms. The zero-order valence-corrected chi connectivity index (χ0v) is 14.9. The minimum atomic E-state index is -0.415. The predicted octanol–water partition coefficient (Wildman–Crippen LogP) is 3.71. The van der Waals surface area contributed by atoms with Gasteiger partial charge in [0.1, 0.15) is 16.3 Å². The third-order valence-electron chi connectivity index (χ3n) is 3.90. The van der Waals surface area contributed by atoms with Crippen LogP contribution in [0.2, 0.25) is 0 Å². The highest BCUT2D eigenvalue weighted by Crippen LogP contribution is 2.34. The van der Waals surface area contributed by atoms with E-state index in [4.69, 9.17) is 0 Å². The van der Waals surface area contributed by atoms with Crippen LogP contribution in [0.1, 0.15) is 5.56 Å². The van der Waals surface area contributed by atoms with E-state index >= 15 is 0 Å². The Bertz CT molecular complexity index is 1090.